The molecule has 1 unspecified atom stereocenters. The number of amides is 2. The van der Waals surface area contributed by atoms with E-state index >= 15 is 0 Å². The SMILES string of the molecule is O=C(CC1CC2(CCN(C(=O)c3ccsc3)CC2)c2ccccc21)NC1CC1. The maximum absolute atomic E-state index is 12.7. The second kappa shape index (κ2) is 7.03. The third-order valence-electron chi connectivity index (χ3n) is 6.76. The van der Waals surface area contributed by atoms with Crippen LogP contribution in [0.2, 0.25) is 0 Å². The summed E-state index contributed by atoms with van der Waals surface area (Å²) >= 11 is 1.57. The smallest absolute Gasteiger partial charge is 0.254 e. The van der Waals surface area contributed by atoms with Gasteiger partial charge in [-0.2, -0.15) is 11.3 Å². The molecule has 4 nitrogen and oxygen atoms in total. The van der Waals surface area contributed by atoms with Crippen LogP contribution in [0.15, 0.2) is 41.1 Å². The molecular formula is C23H26N2O2S. The van der Waals surface area contributed by atoms with E-state index in [1.807, 2.05) is 21.7 Å². The van der Waals surface area contributed by atoms with E-state index in [1.54, 1.807) is 11.3 Å². The molecule has 1 saturated heterocycles. The Labute approximate surface area is 169 Å². The Bertz CT molecular complexity index is 880. The van der Waals surface area contributed by atoms with Gasteiger partial charge in [0.25, 0.3) is 5.91 Å². The van der Waals surface area contributed by atoms with Crippen LogP contribution in [0.1, 0.15) is 65.9 Å². The largest absolute Gasteiger partial charge is 0.353 e. The number of nitrogens with one attached hydrogen (secondary N) is 1. The molecule has 1 aliphatic heterocycles. The van der Waals surface area contributed by atoms with Gasteiger partial charge in [-0.25, -0.2) is 0 Å². The molecule has 1 saturated carbocycles. The number of piperidine rings is 1. The Balaban J connectivity index is 1.31. The van der Waals surface area contributed by atoms with E-state index in [0.717, 1.165) is 50.8 Å². The monoisotopic (exact) mass is 394 g/mol. The third kappa shape index (κ3) is 3.26. The number of fused-ring (bicyclic) bond motifs is 2. The van der Waals surface area contributed by atoms with E-state index < -0.39 is 0 Å². The number of hydrogen-bond donors (Lipinski definition) is 1. The maximum Gasteiger partial charge on any atom is 0.254 e. The molecule has 3 aliphatic rings. The summed E-state index contributed by atoms with van der Waals surface area (Å²) in [7, 11) is 0. The summed E-state index contributed by atoms with van der Waals surface area (Å²) in [5.74, 6) is 0.654. The number of likely N-dealkylation sites (tertiary alicyclic amines) is 1. The Hall–Kier alpha value is -2.14. The Morgan fingerprint density at radius 2 is 1.93 bits per heavy atom. The Morgan fingerprint density at radius 1 is 1.14 bits per heavy atom. The predicted octanol–water partition coefficient (Wildman–Crippen LogP) is 4.08. The van der Waals surface area contributed by atoms with Crippen molar-refractivity contribution in [1.29, 1.82) is 0 Å². The first-order valence-electron chi connectivity index (χ1n) is 10.3. The van der Waals surface area contributed by atoms with E-state index in [-0.39, 0.29) is 17.2 Å². The van der Waals surface area contributed by atoms with Gasteiger partial charge in [0.2, 0.25) is 5.91 Å². The van der Waals surface area contributed by atoms with Gasteiger partial charge in [0, 0.05) is 30.9 Å². The van der Waals surface area contributed by atoms with Crippen LogP contribution in [0, 0.1) is 0 Å². The number of thiophene rings is 1. The number of rotatable bonds is 4. The summed E-state index contributed by atoms with van der Waals surface area (Å²) in [4.78, 5) is 27.2. The fourth-order valence-corrected chi connectivity index (χ4v) is 5.76. The van der Waals surface area contributed by atoms with Crippen LogP contribution in [0.5, 0.6) is 0 Å². The minimum Gasteiger partial charge on any atom is -0.353 e. The standard InChI is InChI=1S/C23H26N2O2S/c26-21(24-18-5-6-18)13-17-14-23(20-4-2-1-3-19(17)20)8-10-25(11-9-23)22(27)16-7-12-28-15-16/h1-4,7,12,15,17-18H,5-6,8-11,13-14H2,(H,24,26). The zero-order valence-corrected chi connectivity index (χ0v) is 16.8. The number of benzene rings is 1. The van der Waals surface area contributed by atoms with E-state index in [1.165, 1.54) is 11.1 Å². The van der Waals surface area contributed by atoms with Crippen LogP contribution in [0.25, 0.3) is 0 Å². The van der Waals surface area contributed by atoms with Crippen molar-refractivity contribution in [3.05, 3.63) is 57.8 Å². The summed E-state index contributed by atoms with van der Waals surface area (Å²) in [5, 5.41) is 7.05. The van der Waals surface area contributed by atoms with Gasteiger partial charge in [0.05, 0.1) is 5.56 Å². The van der Waals surface area contributed by atoms with Crippen LogP contribution in [-0.4, -0.2) is 35.8 Å². The van der Waals surface area contributed by atoms with Gasteiger partial charge >= 0.3 is 0 Å². The lowest BCUT2D eigenvalue weighted by Gasteiger charge is -2.40. The zero-order chi connectivity index (χ0) is 19.1. The number of carbonyl (C=O) groups is 2. The number of hydrogen-bond acceptors (Lipinski definition) is 3. The quantitative estimate of drug-likeness (QED) is 0.850. The highest BCUT2D eigenvalue weighted by Gasteiger charge is 2.46. The molecule has 28 heavy (non-hydrogen) atoms. The molecule has 2 aromatic rings. The van der Waals surface area contributed by atoms with Gasteiger partial charge in [-0.1, -0.05) is 24.3 Å². The average molecular weight is 395 g/mol. The third-order valence-corrected chi connectivity index (χ3v) is 7.44. The van der Waals surface area contributed by atoms with Crippen molar-refractivity contribution < 1.29 is 9.59 Å². The van der Waals surface area contributed by atoms with Gasteiger partial charge in [-0.15, -0.1) is 0 Å². The van der Waals surface area contributed by atoms with Crippen molar-refractivity contribution in [2.45, 2.75) is 55.9 Å². The molecule has 2 aliphatic carbocycles. The van der Waals surface area contributed by atoms with Gasteiger partial charge in [-0.05, 0) is 66.0 Å². The zero-order valence-electron chi connectivity index (χ0n) is 16.0. The van der Waals surface area contributed by atoms with Gasteiger partial charge in [0.15, 0.2) is 0 Å². The molecule has 0 bridgehead atoms. The van der Waals surface area contributed by atoms with E-state index in [2.05, 4.69) is 29.6 Å². The van der Waals surface area contributed by atoms with Gasteiger partial charge < -0.3 is 10.2 Å². The van der Waals surface area contributed by atoms with Crippen molar-refractivity contribution in [2.24, 2.45) is 0 Å². The summed E-state index contributed by atoms with van der Waals surface area (Å²) in [5.41, 5.74) is 3.70. The lowest BCUT2D eigenvalue weighted by molar-refractivity contribution is -0.121. The number of carbonyl (C=O) groups excluding carboxylic acids is 2. The van der Waals surface area contributed by atoms with Crippen molar-refractivity contribution in [2.75, 3.05) is 13.1 Å². The normalized spacial score (nSPS) is 22.9. The molecule has 5 heteroatoms. The van der Waals surface area contributed by atoms with Crippen LogP contribution < -0.4 is 5.32 Å². The molecule has 1 aromatic carbocycles. The van der Waals surface area contributed by atoms with Crippen LogP contribution in [-0.2, 0) is 10.2 Å². The Morgan fingerprint density at radius 3 is 2.64 bits per heavy atom. The molecule has 2 heterocycles. The Kier molecular flexibility index (Phi) is 4.50. The second-order valence-electron chi connectivity index (χ2n) is 8.62. The molecule has 0 radical (unpaired) electrons. The second-order valence-corrected chi connectivity index (χ2v) is 9.40. The fraction of sp³-hybridized carbons (Fsp3) is 0.478. The van der Waals surface area contributed by atoms with Crippen LogP contribution in [0.3, 0.4) is 0 Å². The van der Waals surface area contributed by atoms with E-state index in [9.17, 15) is 9.59 Å². The summed E-state index contributed by atoms with van der Waals surface area (Å²) in [6, 6.07) is 11.0. The lowest BCUT2D eigenvalue weighted by atomic mass is 9.73. The molecule has 1 spiro atoms. The van der Waals surface area contributed by atoms with Gasteiger partial charge in [-0.3, -0.25) is 9.59 Å². The lowest BCUT2D eigenvalue weighted by Crippen LogP contribution is -2.44. The first-order valence-corrected chi connectivity index (χ1v) is 11.3. The van der Waals surface area contributed by atoms with Gasteiger partial charge in [0.1, 0.15) is 0 Å². The molecule has 2 fully saturated rings. The fourth-order valence-electron chi connectivity index (χ4n) is 5.13. The summed E-state index contributed by atoms with van der Waals surface area (Å²) in [6.07, 6.45) is 5.86. The van der Waals surface area contributed by atoms with E-state index in [4.69, 9.17) is 0 Å². The summed E-state index contributed by atoms with van der Waals surface area (Å²) in [6.45, 7) is 1.59. The van der Waals surface area contributed by atoms with Crippen molar-refractivity contribution in [3.63, 3.8) is 0 Å². The molecule has 2 amide bonds. The summed E-state index contributed by atoms with van der Waals surface area (Å²) < 4.78 is 0. The molecule has 1 N–H and O–H groups in total. The topological polar surface area (TPSA) is 49.4 Å². The highest BCUT2D eigenvalue weighted by Crippen LogP contribution is 2.52. The van der Waals surface area contributed by atoms with Crippen molar-refractivity contribution >= 4 is 23.2 Å². The first kappa shape index (κ1) is 17.9. The minimum atomic E-state index is 0.118. The van der Waals surface area contributed by atoms with Crippen LogP contribution in [0.4, 0.5) is 0 Å². The molecular weight excluding hydrogens is 368 g/mol. The van der Waals surface area contributed by atoms with Crippen LogP contribution >= 0.6 is 11.3 Å². The maximum atomic E-state index is 12.7. The molecule has 146 valence electrons. The highest BCUT2D eigenvalue weighted by molar-refractivity contribution is 7.08. The minimum absolute atomic E-state index is 0.118. The average Bonchev–Trinajstić information content (AvgIpc) is 3.25. The molecule has 5 rings (SSSR count). The van der Waals surface area contributed by atoms with E-state index in [0.29, 0.717) is 18.4 Å². The van der Waals surface area contributed by atoms with Crippen molar-refractivity contribution in [3.8, 4) is 0 Å². The number of nitrogens with zero attached hydrogens (tertiary/aromatic N) is 1. The first-order chi connectivity index (χ1) is 13.6. The predicted molar refractivity (Wildman–Crippen MR) is 111 cm³/mol. The molecule has 1 atom stereocenters. The highest BCUT2D eigenvalue weighted by atomic mass is 32.1. The molecule has 1 aromatic heterocycles. The van der Waals surface area contributed by atoms with Crippen molar-refractivity contribution in [1.82, 2.24) is 10.2 Å².